The predicted octanol–water partition coefficient (Wildman–Crippen LogP) is 0.967. The van der Waals surface area contributed by atoms with E-state index >= 15 is 0 Å². The van der Waals surface area contributed by atoms with Crippen molar-refractivity contribution in [3.05, 3.63) is 24.3 Å². The Balaban J connectivity index is 4.35. The zero-order chi connectivity index (χ0) is 17.7. The Kier molecular flexibility index (Phi) is 10.4. The normalized spacial score (nSPS) is 12.9. The van der Waals surface area contributed by atoms with Gasteiger partial charge in [-0.15, -0.1) is 0 Å². The van der Waals surface area contributed by atoms with Crippen molar-refractivity contribution in [3.8, 4) is 11.8 Å². The van der Waals surface area contributed by atoms with E-state index < -0.39 is 18.0 Å². The van der Waals surface area contributed by atoms with Crippen LogP contribution >= 0.6 is 0 Å². The summed E-state index contributed by atoms with van der Waals surface area (Å²) < 4.78 is 5.66. The van der Waals surface area contributed by atoms with Crippen LogP contribution in [0.1, 0.15) is 19.3 Å². The number of allylic oxidation sites excluding steroid dienone is 2. The number of carbonyl (C=O) groups is 2. The highest BCUT2D eigenvalue weighted by Crippen LogP contribution is 2.05. The van der Waals surface area contributed by atoms with E-state index in [0.29, 0.717) is 17.4 Å². The van der Waals surface area contributed by atoms with E-state index in [1.54, 1.807) is 6.08 Å². The molecule has 0 saturated heterocycles. The molecule has 0 aromatic rings. The van der Waals surface area contributed by atoms with Crippen molar-refractivity contribution in [2.75, 3.05) is 34.3 Å². The van der Waals surface area contributed by atoms with Crippen molar-refractivity contribution in [1.82, 2.24) is 0 Å². The van der Waals surface area contributed by atoms with Crippen LogP contribution in [0.15, 0.2) is 24.3 Å². The molecule has 0 aliphatic carbocycles. The molecule has 0 rings (SSSR count). The number of carboxylic acid groups (broad SMARTS) is 1. The van der Waals surface area contributed by atoms with Gasteiger partial charge >= 0.3 is 11.9 Å². The van der Waals surface area contributed by atoms with Gasteiger partial charge in [-0.3, -0.25) is 4.79 Å². The molecule has 0 aromatic carbocycles. The van der Waals surface area contributed by atoms with Gasteiger partial charge in [0.25, 0.3) is 0 Å². The number of hydrogen-bond donors (Lipinski definition) is 2. The van der Waals surface area contributed by atoms with E-state index in [1.165, 1.54) is 12.2 Å². The number of nitrogens with zero attached hydrogens (tertiary/aromatic N) is 1. The third-order valence-electron chi connectivity index (χ3n) is 2.55. The van der Waals surface area contributed by atoms with Gasteiger partial charge in [0.1, 0.15) is 6.54 Å². The second kappa shape index (κ2) is 11.5. The fourth-order valence-corrected chi connectivity index (χ4v) is 1.74. The highest BCUT2D eigenvalue weighted by Gasteiger charge is 2.23. The number of esters is 1. The van der Waals surface area contributed by atoms with Crippen LogP contribution in [0.5, 0.6) is 0 Å². The van der Waals surface area contributed by atoms with E-state index in [2.05, 4.69) is 11.8 Å². The molecule has 0 heterocycles. The number of carboxylic acids is 1. The number of rotatable bonds is 9. The number of likely N-dealkylation sites (N-methyl/N-ethyl adjacent to an activating group) is 1. The average Bonchev–Trinajstić information content (AvgIpc) is 2.39. The van der Waals surface area contributed by atoms with Crippen molar-refractivity contribution in [1.29, 1.82) is 0 Å². The number of hydrogen-bond acceptors (Lipinski definition) is 4. The summed E-state index contributed by atoms with van der Waals surface area (Å²) in [4.78, 5) is 22.5. The summed E-state index contributed by atoms with van der Waals surface area (Å²) in [6.07, 6.45) is 6.51. The van der Waals surface area contributed by atoms with Gasteiger partial charge in [0.2, 0.25) is 0 Å². The number of aliphatic hydroxyl groups excluding tert-OH is 1. The molecular weight excluding hydrogens is 298 g/mol. The second-order valence-electron chi connectivity index (χ2n) is 5.98. The number of ether oxygens (including phenoxy) is 1. The van der Waals surface area contributed by atoms with E-state index in [0.717, 1.165) is 6.42 Å². The van der Waals surface area contributed by atoms with E-state index in [9.17, 15) is 9.59 Å². The monoisotopic (exact) mass is 324 g/mol. The molecule has 1 atom stereocenters. The first kappa shape index (κ1) is 20.9. The molecule has 6 nitrogen and oxygen atoms in total. The minimum Gasteiger partial charge on any atom is -0.481 e. The minimum atomic E-state index is -1.00. The molecule has 0 fully saturated rings. The molecule has 128 valence electrons. The van der Waals surface area contributed by atoms with Crippen molar-refractivity contribution in [2.24, 2.45) is 0 Å². The lowest BCUT2D eigenvalue weighted by atomic mass is 10.2. The maximum Gasteiger partial charge on any atom is 0.331 e. The molecule has 0 radical (unpaired) electrons. The fourth-order valence-electron chi connectivity index (χ4n) is 1.74. The summed E-state index contributed by atoms with van der Waals surface area (Å²) in [5, 5.41) is 17.4. The molecule has 0 aromatic heterocycles. The summed E-state index contributed by atoms with van der Waals surface area (Å²) in [6, 6.07) is 0. The van der Waals surface area contributed by atoms with Crippen LogP contribution in [0.3, 0.4) is 0 Å². The number of unbranched alkanes of at least 4 members (excludes halogenated alkanes) is 1. The van der Waals surface area contributed by atoms with Gasteiger partial charge in [-0.25, -0.2) is 4.79 Å². The summed E-state index contributed by atoms with van der Waals surface area (Å²) in [5.74, 6) is 3.95. The maximum atomic E-state index is 11.7. The lowest BCUT2D eigenvalue weighted by molar-refractivity contribution is -0.873. The highest BCUT2D eigenvalue weighted by molar-refractivity contribution is 5.83. The first-order valence-corrected chi connectivity index (χ1v) is 7.38. The predicted molar refractivity (Wildman–Crippen MR) is 87.4 cm³/mol. The molecule has 0 aliphatic heterocycles. The zero-order valence-electron chi connectivity index (χ0n) is 14.0. The average molecular weight is 324 g/mol. The van der Waals surface area contributed by atoms with Crippen molar-refractivity contribution in [3.63, 3.8) is 0 Å². The van der Waals surface area contributed by atoms with Crippen molar-refractivity contribution < 1.29 is 29.0 Å². The lowest BCUT2D eigenvalue weighted by Gasteiger charge is -2.28. The Hall–Kier alpha value is -2.10. The number of aliphatic hydroxyl groups is 1. The molecule has 0 aliphatic rings. The zero-order valence-corrected chi connectivity index (χ0v) is 14.0. The standard InChI is InChI=1S/C17H25NO5/c1-18(2,3)14-15(13-16(20)21)23-17(22)11-9-7-5-4-6-8-10-12-19/h8-11,15,19H,4,6,12-14H2,1-3H3/p+1/b10-8+,11-9+. The second-order valence-corrected chi connectivity index (χ2v) is 5.98. The summed E-state index contributed by atoms with van der Waals surface area (Å²) in [5.41, 5.74) is 0. The largest absolute Gasteiger partial charge is 0.481 e. The molecule has 0 spiro atoms. The van der Waals surface area contributed by atoms with Crippen LogP contribution in [0.2, 0.25) is 0 Å². The van der Waals surface area contributed by atoms with Crippen LogP contribution in [-0.4, -0.2) is 67.0 Å². The van der Waals surface area contributed by atoms with Gasteiger partial charge in [-0.2, -0.15) is 0 Å². The van der Waals surface area contributed by atoms with Gasteiger partial charge in [0, 0.05) is 12.5 Å². The quantitative estimate of drug-likeness (QED) is 0.165. The number of quaternary nitrogens is 1. The van der Waals surface area contributed by atoms with Gasteiger partial charge in [-0.1, -0.05) is 24.0 Å². The summed E-state index contributed by atoms with van der Waals surface area (Å²) in [6.45, 7) is 0.429. The molecule has 2 N–H and O–H groups in total. The molecule has 0 bridgehead atoms. The maximum absolute atomic E-state index is 11.7. The van der Waals surface area contributed by atoms with Crippen molar-refractivity contribution in [2.45, 2.75) is 25.4 Å². The van der Waals surface area contributed by atoms with Crippen LogP contribution in [0.4, 0.5) is 0 Å². The molecular formula is C17H26NO5+. The van der Waals surface area contributed by atoms with E-state index in [-0.39, 0.29) is 13.0 Å². The highest BCUT2D eigenvalue weighted by atomic mass is 16.5. The van der Waals surface area contributed by atoms with Gasteiger partial charge in [0.15, 0.2) is 6.10 Å². The Morgan fingerprint density at radius 2 is 1.96 bits per heavy atom. The van der Waals surface area contributed by atoms with Crippen LogP contribution in [0.25, 0.3) is 0 Å². The molecule has 23 heavy (non-hydrogen) atoms. The van der Waals surface area contributed by atoms with Crippen LogP contribution < -0.4 is 0 Å². The number of carbonyl (C=O) groups excluding carboxylic acids is 1. The Bertz CT molecular complexity index is 491. The smallest absolute Gasteiger partial charge is 0.331 e. The Morgan fingerprint density at radius 3 is 2.52 bits per heavy atom. The lowest BCUT2D eigenvalue weighted by Crippen LogP contribution is -2.43. The Morgan fingerprint density at radius 1 is 1.26 bits per heavy atom. The third kappa shape index (κ3) is 14.6. The molecule has 0 saturated carbocycles. The van der Waals surface area contributed by atoms with Gasteiger partial charge < -0.3 is 19.4 Å². The van der Waals surface area contributed by atoms with Crippen LogP contribution in [-0.2, 0) is 14.3 Å². The Labute approximate surface area is 137 Å². The first-order valence-electron chi connectivity index (χ1n) is 7.38. The molecule has 1 unspecified atom stereocenters. The van der Waals surface area contributed by atoms with Crippen molar-refractivity contribution >= 4 is 11.9 Å². The fraction of sp³-hybridized carbons (Fsp3) is 0.529. The topological polar surface area (TPSA) is 83.8 Å². The van der Waals surface area contributed by atoms with Gasteiger partial charge in [0.05, 0.1) is 34.2 Å². The summed E-state index contributed by atoms with van der Waals surface area (Å²) in [7, 11) is 5.69. The SMILES string of the molecule is C[N+](C)(C)CC(CC(=O)O)OC(=O)/C=C/C#CCC/C=C/CO. The minimum absolute atomic E-state index is 0.0178. The molecule has 6 heteroatoms. The molecule has 0 amide bonds. The summed E-state index contributed by atoms with van der Waals surface area (Å²) >= 11 is 0. The number of aliphatic carboxylic acids is 1. The van der Waals surface area contributed by atoms with E-state index in [1.807, 2.05) is 27.2 Å². The van der Waals surface area contributed by atoms with Gasteiger partial charge in [-0.05, 0) is 12.5 Å². The first-order chi connectivity index (χ1) is 10.7. The van der Waals surface area contributed by atoms with E-state index in [4.69, 9.17) is 14.9 Å². The third-order valence-corrected chi connectivity index (χ3v) is 2.55. The van der Waals surface area contributed by atoms with Crippen LogP contribution in [0, 0.1) is 11.8 Å².